The Hall–Kier alpha value is -3.13. The minimum atomic E-state index is -0.0866. The van der Waals surface area contributed by atoms with Gasteiger partial charge in [-0.05, 0) is 53.8 Å². The zero-order chi connectivity index (χ0) is 21.9. The van der Waals surface area contributed by atoms with Crippen LogP contribution in [0.5, 0.6) is 0 Å². The van der Waals surface area contributed by atoms with Crippen LogP contribution in [0.2, 0.25) is 0 Å². The summed E-state index contributed by atoms with van der Waals surface area (Å²) in [7, 11) is 0. The molecule has 170 valence electrons. The van der Waals surface area contributed by atoms with Gasteiger partial charge in [-0.3, -0.25) is 9.89 Å². The normalized spacial score (nSPS) is 13.9. The number of nitrogens with one attached hydrogen (secondary N) is 2. The second-order valence-corrected chi connectivity index (χ2v) is 8.66. The van der Waals surface area contributed by atoms with Crippen molar-refractivity contribution in [1.82, 2.24) is 10.2 Å². The molecule has 1 aliphatic rings. The fraction of sp³-hybridized carbons (Fsp3) is 0.200. The summed E-state index contributed by atoms with van der Waals surface area (Å²) >= 11 is 1.46. The number of hydrogen-bond donors (Lipinski definition) is 2. The number of aromatic nitrogens is 2. The van der Waals surface area contributed by atoms with Crippen molar-refractivity contribution in [2.75, 3.05) is 36.5 Å². The number of aryl methyl sites for hydroxylation is 1. The number of H-pyrrole nitrogens is 1. The first-order valence-electron chi connectivity index (χ1n) is 10.6. The maximum absolute atomic E-state index is 13.0. The summed E-state index contributed by atoms with van der Waals surface area (Å²) in [4.78, 5) is 16.0. The number of nitrogens with zero attached hydrogens (tertiary/aromatic N) is 2. The standard InChI is InChI=1S/C25H24N4O2S.ClH/c1-17-10-15-32-24(17)25(30)26-23-16-19(29-11-13-31-14-12-29)8-6-18(23)7-9-22-20-4-2-3-5-21(20)27-28-22;/h2-10,15-16H,11-14H2,1H3,(H,26,30)(H,27,28);1H/b9-7+;. The first-order chi connectivity index (χ1) is 15.7. The number of amides is 1. The molecule has 8 heteroatoms. The summed E-state index contributed by atoms with van der Waals surface area (Å²) in [5.74, 6) is -0.0866. The van der Waals surface area contributed by atoms with Crippen LogP contribution in [0.3, 0.4) is 0 Å². The molecular weight excluding hydrogens is 456 g/mol. The highest BCUT2D eigenvalue weighted by atomic mass is 35.5. The number of thiophene rings is 1. The number of halogens is 1. The fourth-order valence-corrected chi connectivity index (χ4v) is 4.70. The minimum Gasteiger partial charge on any atom is -0.378 e. The van der Waals surface area contributed by atoms with Gasteiger partial charge in [0.15, 0.2) is 0 Å². The average molecular weight is 481 g/mol. The molecule has 1 saturated heterocycles. The maximum Gasteiger partial charge on any atom is 0.266 e. The Morgan fingerprint density at radius 3 is 2.76 bits per heavy atom. The van der Waals surface area contributed by atoms with Gasteiger partial charge >= 0.3 is 0 Å². The van der Waals surface area contributed by atoms with E-state index in [1.54, 1.807) is 0 Å². The van der Waals surface area contributed by atoms with Gasteiger partial charge < -0.3 is 15.0 Å². The van der Waals surface area contributed by atoms with Gasteiger partial charge in [-0.25, -0.2) is 0 Å². The number of carbonyl (C=O) groups excluding carboxylic acids is 1. The van der Waals surface area contributed by atoms with Crippen LogP contribution in [0, 0.1) is 6.92 Å². The Morgan fingerprint density at radius 1 is 1.15 bits per heavy atom. The molecule has 1 aliphatic heterocycles. The number of benzene rings is 2. The quantitative estimate of drug-likeness (QED) is 0.389. The van der Waals surface area contributed by atoms with Crippen molar-refractivity contribution in [3.8, 4) is 0 Å². The summed E-state index contributed by atoms with van der Waals surface area (Å²) < 4.78 is 5.49. The number of aromatic amines is 1. The molecule has 1 fully saturated rings. The lowest BCUT2D eigenvalue weighted by Crippen LogP contribution is -2.36. The van der Waals surface area contributed by atoms with E-state index in [9.17, 15) is 4.79 Å². The van der Waals surface area contributed by atoms with Crippen molar-refractivity contribution in [3.05, 3.63) is 75.6 Å². The molecule has 3 heterocycles. The van der Waals surface area contributed by atoms with Gasteiger partial charge in [-0.15, -0.1) is 23.7 Å². The highest BCUT2D eigenvalue weighted by Crippen LogP contribution is 2.28. The predicted molar refractivity (Wildman–Crippen MR) is 139 cm³/mol. The number of morpholine rings is 1. The summed E-state index contributed by atoms with van der Waals surface area (Å²) in [5.41, 5.74) is 5.63. The van der Waals surface area contributed by atoms with E-state index in [2.05, 4.69) is 32.5 Å². The third-order valence-corrected chi connectivity index (χ3v) is 6.67. The van der Waals surface area contributed by atoms with Gasteiger partial charge in [-0.2, -0.15) is 5.10 Å². The molecule has 4 aromatic rings. The van der Waals surface area contributed by atoms with Gasteiger partial charge in [0, 0.05) is 24.2 Å². The van der Waals surface area contributed by atoms with E-state index >= 15 is 0 Å². The molecule has 0 spiro atoms. The SMILES string of the molecule is Cc1ccsc1C(=O)Nc1cc(N2CCOCC2)ccc1/C=C/c1n[nH]c2ccccc12.Cl. The van der Waals surface area contributed by atoms with Crippen LogP contribution in [0.15, 0.2) is 53.9 Å². The monoisotopic (exact) mass is 480 g/mol. The zero-order valence-electron chi connectivity index (χ0n) is 18.2. The highest BCUT2D eigenvalue weighted by molar-refractivity contribution is 7.12. The summed E-state index contributed by atoms with van der Waals surface area (Å²) in [6.07, 6.45) is 3.98. The van der Waals surface area contributed by atoms with E-state index in [1.807, 2.05) is 60.9 Å². The van der Waals surface area contributed by atoms with Gasteiger partial charge in [-0.1, -0.05) is 30.3 Å². The van der Waals surface area contributed by atoms with Gasteiger partial charge in [0.25, 0.3) is 5.91 Å². The minimum absolute atomic E-state index is 0. The lowest BCUT2D eigenvalue weighted by atomic mass is 10.1. The van der Waals surface area contributed by atoms with E-state index in [-0.39, 0.29) is 18.3 Å². The van der Waals surface area contributed by atoms with Crippen molar-refractivity contribution in [2.45, 2.75) is 6.92 Å². The third kappa shape index (κ3) is 4.95. The van der Waals surface area contributed by atoms with Crippen molar-refractivity contribution in [1.29, 1.82) is 0 Å². The molecule has 5 rings (SSSR count). The third-order valence-electron chi connectivity index (χ3n) is 5.65. The van der Waals surface area contributed by atoms with Crippen LogP contribution in [-0.2, 0) is 4.74 Å². The lowest BCUT2D eigenvalue weighted by molar-refractivity contribution is 0.103. The van der Waals surface area contributed by atoms with Crippen molar-refractivity contribution < 1.29 is 9.53 Å². The Morgan fingerprint density at radius 2 is 1.97 bits per heavy atom. The zero-order valence-corrected chi connectivity index (χ0v) is 19.8. The first-order valence-corrected chi connectivity index (χ1v) is 11.5. The highest BCUT2D eigenvalue weighted by Gasteiger charge is 2.16. The van der Waals surface area contributed by atoms with E-state index in [0.717, 1.165) is 57.1 Å². The molecule has 0 radical (unpaired) electrons. The molecule has 33 heavy (non-hydrogen) atoms. The van der Waals surface area contributed by atoms with E-state index < -0.39 is 0 Å². The summed E-state index contributed by atoms with van der Waals surface area (Å²) in [5, 5.41) is 13.6. The van der Waals surface area contributed by atoms with Crippen LogP contribution in [0.25, 0.3) is 23.1 Å². The van der Waals surface area contributed by atoms with E-state index in [4.69, 9.17) is 4.74 Å². The smallest absolute Gasteiger partial charge is 0.266 e. The van der Waals surface area contributed by atoms with E-state index in [1.165, 1.54) is 11.3 Å². The lowest BCUT2D eigenvalue weighted by Gasteiger charge is -2.29. The molecule has 0 aliphatic carbocycles. The Kier molecular flexibility index (Phi) is 7.13. The largest absolute Gasteiger partial charge is 0.378 e. The van der Waals surface area contributed by atoms with Crippen molar-refractivity contribution >= 4 is 64.1 Å². The molecule has 2 N–H and O–H groups in total. The van der Waals surface area contributed by atoms with Crippen molar-refractivity contribution in [3.63, 3.8) is 0 Å². The molecule has 0 atom stereocenters. The molecule has 1 amide bonds. The molecule has 6 nitrogen and oxygen atoms in total. The number of carbonyl (C=O) groups is 1. The number of para-hydroxylation sites is 1. The van der Waals surface area contributed by atoms with Crippen LogP contribution < -0.4 is 10.2 Å². The van der Waals surface area contributed by atoms with Crippen LogP contribution >= 0.6 is 23.7 Å². The molecule has 0 unspecified atom stereocenters. The average Bonchev–Trinajstić information content (AvgIpc) is 3.45. The molecular formula is C25H25ClN4O2S. The second-order valence-electron chi connectivity index (χ2n) is 7.75. The second kappa shape index (κ2) is 10.2. The van der Waals surface area contributed by atoms with Crippen LogP contribution in [-0.4, -0.2) is 42.4 Å². The maximum atomic E-state index is 13.0. The Balaban J connectivity index is 0.00000259. The number of fused-ring (bicyclic) bond motifs is 1. The van der Waals surface area contributed by atoms with Gasteiger partial charge in [0.1, 0.15) is 0 Å². The molecule has 0 saturated carbocycles. The number of rotatable bonds is 5. The first kappa shape index (κ1) is 23.0. The van der Waals surface area contributed by atoms with Crippen LogP contribution in [0.4, 0.5) is 11.4 Å². The van der Waals surface area contributed by atoms with Gasteiger partial charge in [0.2, 0.25) is 0 Å². The summed E-state index contributed by atoms with van der Waals surface area (Å²) in [6.45, 7) is 5.06. The molecule has 2 aromatic heterocycles. The van der Waals surface area contributed by atoms with Crippen molar-refractivity contribution in [2.24, 2.45) is 0 Å². The number of ether oxygens (including phenoxy) is 1. The Bertz CT molecular complexity index is 1290. The number of hydrogen-bond acceptors (Lipinski definition) is 5. The summed E-state index contributed by atoms with van der Waals surface area (Å²) in [6, 6.07) is 16.2. The molecule has 0 bridgehead atoms. The fourth-order valence-electron chi connectivity index (χ4n) is 3.88. The van der Waals surface area contributed by atoms with Crippen LogP contribution in [0.1, 0.15) is 26.5 Å². The topological polar surface area (TPSA) is 70.2 Å². The predicted octanol–water partition coefficient (Wildman–Crippen LogP) is 5.61. The molecule has 2 aromatic carbocycles. The van der Waals surface area contributed by atoms with E-state index in [0.29, 0.717) is 13.2 Å². The van der Waals surface area contributed by atoms with Gasteiger partial charge in [0.05, 0.1) is 35.0 Å². The number of anilines is 2. The Labute approximate surface area is 202 Å².